The molecular formula is C19H18ClFN2O3S. The number of nitrogens with zero attached hydrogens (tertiary/aromatic N) is 1. The quantitative estimate of drug-likeness (QED) is 0.789. The van der Waals surface area contributed by atoms with Gasteiger partial charge in [-0.25, -0.2) is 4.39 Å². The lowest BCUT2D eigenvalue weighted by atomic mass is 10.2. The Morgan fingerprint density at radius 1 is 1.33 bits per heavy atom. The maximum atomic E-state index is 13.5. The normalized spacial score (nSPS) is 15.7. The molecule has 0 radical (unpaired) electrons. The highest BCUT2D eigenvalue weighted by Gasteiger charge is 2.30. The van der Waals surface area contributed by atoms with Crippen molar-refractivity contribution >= 4 is 40.9 Å². The van der Waals surface area contributed by atoms with Gasteiger partial charge in [0.05, 0.1) is 17.5 Å². The number of fused-ring (bicyclic) bond motifs is 1. The lowest BCUT2D eigenvalue weighted by Crippen LogP contribution is -2.37. The molecule has 142 valence electrons. The molecule has 1 unspecified atom stereocenters. The van der Waals surface area contributed by atoms with Crippen LogP contribution in [-0.4, -0.2) is 42.2 Å². The van der Waals surface area contributed by atoms with Gasteiger partial charge >= 0.3 is 0 Å². The minimum Gasteiger partial charge on any atom is -0.489 e. The number of para-hydroxylation sites is 1. The van der Waals surface area contributed by atoms with Crippen molar-refractivity contribution in [1.29, 1.82) is 0 Å². The molecule has 0 fully saturated rings. The highest BCUT2D eigenvalue weighted by Crippen LogP contribution is 2.38. The van der Waals surface area contributed by atoms with E-state index in [2.05, 4.69) is 5.32 Å². The van der Waals surface area contributed by atoms with Gasteiger partial charge in [-0.05, 0) is 30.3 Å². The van der Waals surface area contributed by atoms with Crippen molar-refractivity contribution in [2.75, 3.05) is 25.5 Å². The van der Waals surface area contributed by atoms with Crippen LogP contribution in [0.1, 0.15) is 6.42 Å². The number of anilines is 1. The Bertz CT molecular complexity index is 865. The van der Waals surface area contributed by atoms with Crippen molar-refractivity contribution in [3.8, 4) is 5.75 Å². The van der Waals surface area contributed by atoms with Crippen molar-refractivity contribution in [2.24, 2.45) is 0 Å². The van der Waals surface area contributed by atoms with Gasteiger partial charge in [0.15, 0.2) is 11.6 Å². The van der Waals surface area contributed by atoms with Gasteiger partial charge in [0, 0.05) is 23.4 Å². The zero-order valence-electron chi connectivity index (χ0n) is 14.6. The van der Waals surface area contributed by atoms with Gasteiger partial charge in [-0.1, -0.05) is 23.7 Å². The number of carbonyl (C=O) groups is 2. The highest BCUT2D eigenvalue weighted by molar-refractivity contribution is 8.01. The first kappa shape index (κ1) is 19.5. The Morgan fingerprint density at radius 3 is 2.89 bits per heavy atom. The third-order valence-electron chi connectivity index (χ3n) is 4.07. The molecule has 2 aromatic carbocycles. The summed E-state index contributed by atoms with van der Waals surface area (Å²) < 4.78 is 18.9. The van der Waals surface area contributed by atoms with Crippen LogP contribution in [-0.2, 0) is 9.59 Å². The fourth-order valence-electron chi connectivity index (χ4n) is 2.55. The average molecular weight is 409 g/mol. The molecule has 5 nitrogen and oxygen atoms in total. The van der Waals surface area contributed by atoms with Gasteiger partial charge in [0.25, 0.3) is 0 Å². The molecule has 0 aliphatic carbocycles. The van der Waals surface area contributed by atoms with Gasteiger partial charge in [-0.3, -0.25) is 9.59 Å². The summed E-state index contributed by atoms with van der Waals surface area (Å²) in [4.78, 5) is 27.0. The summed E-state index contributed by atoms with van der Waals surface area (Å²) in [5.74, 6) is -0.701. The maximum absolute atomic E-state index is 13.5. The number of hydrogen-bond acceptors (Lipinski definition) is 4. The van der Waals surface area contributed by atoms with E-state index in [-0.39, 0.29) is 30.6 Å². The van der Waals surface area contributed by atoms with E-state index in [1.54, 1.807) is 31.3 Å². The number of hydrogen-bond donors (Lipinski definition) is 1. The number of benzene rings is 2. The van der Waals surface area contributed by atoms with Gasteiger partial charge in [-0.2, -0.15) is 0 Å². The molecule has 1 aliphatic rings. The minimum absolute atomic E-state index is 0.0643. The maximum Gasteiger partial charge on any atom is 0.238 e. The minimum atomic E-state index is -0.513. The molecule has 3 rings (SSSR count). The van der Waals surface area contributed by atoms with Crippen molar-refractivity contribution in [3.05, 3.63) is 53.3 Å². The van der Waals surface area contributed by atoms with Crippen molar-refractivity contribution in [2.45, 2.75) is 16.6 Å². The number of rotatable bonds is 6. The molecular weight excluding hydrogens is 391 g/mol. The molecule has 0 saturated carbocycles. The molecule has 0 bridgehead atoms. The summed E-state index contributed by atoms with van der Waals surface area (Å²) in [5.41, 5.74) is 0.660. The number of carbonyl (C=O) groups excluding carboxylic acids is 2. The highest BCUT2D eigenvalue weighted by atomic mass is 35.5. The number of ether oxygens (including phenoxy) is 1. The molecule has 0 saturated heterocycles. The van der Waals surface area contributed by atoms with Crippen LogP contribution in [0.3, 0.4) is 0 Å². The Kier molecular flexibility index (Phi) is 6.23. The Morgan fingerprint density at radius 2 is 2.11 bits per heavy atom. The summed E-state index contributed by atoms with van der Waals surface area (Å²) in [7, 11) is 1.63. The van der Waals surface area contributed by atoms with E-state index in [9.17, 15) is 14.0 Å². The summed E-state index contributed by atoms with van der Waals surface area (Å²) >= 11 is 7.28. The van der Waals surface area contributed by atoms with Crippen LogP contribution in [0.4, 0.5) is 10.1 Å². The molecule has 2 aromatic rings. The zero-order valence-corrected chi connectivity index (χ0v) is 16.1. The van der Waals surface area contributed by atoms with Crippen molar-refractivity contribution in [1.82, 2.24) is 4.90 Å². The SMILES string of the molecule is CN(CCOc1ccccc1F)C(=O)CC1Sc2ccc(Cl)cc2NC1=O. The van der Waals surface area contributed by atoms with Crippen LogP contribution < -0.4 is 10.1 Å². The molecule has 1 heterocycles. The monoisotopic (exact) mass is 408 g/mol. The van der Waals surface area contributed by atoms with Gasteiger partial charge in [0.1, 0.15) is 6.61 Å². The van der Waals surface area contributed by atoms with Crippen molar-refractivity contribution in [3.63, 3.8) is 0 Å². The molecule has 2 amide bonds. The lowest BCUT2D eigenvalue weighted by molar-refractivity contribution is -0.131. The van der Waals surface area contributed by atoms with E-state index in [1.807, 2.05) is 6.07 Å². The predicted molar refractivity (Wildman–Crippen MR) is 104 cm³/mol. The van der Waals surface area contributed by atoms with E-state index in [1.165, 1.54) is 28.8 Å². The third kappa shape index (κ3) is 4.93. The molecule has 8 heteroatoms. The first-order chi connectivity index (χ1) is 12.9. The second-order valence-corrected chi connectivity index (χ2v) is 7.72. The van der Waals surface area contributed by atoms with Gasteiger partial charge in [-0.15, -0.1) is 11.8 Å². The topological polar surface area (TPSA) is 58.6 Å². The third-order valence-corrected chi connectivity index (χ3v) is 5.58. The first-order valence-electron chi connectivity index (χ1n) is 8.32. The standard InChI is InChI=1S/C19H18ClFN2O3S/c1-23(8-9-26-15-5-3-2-4-13(15)21)18(24)11-17-19(25)22-14-10-12(20)6-7-16(14)27-17/h2-7,10,17H,8-9,11H2,1H3,(H,22,25). The van der Waals surface area contributed by atoms with Gasteiger partial charge in [0.2, 0.25) is 11.8 Å². The summed E-state index contributed by atoms with van der Waals surface area (Å²) in [6.07, 6.45) is 0.0643. The van der Waals surface area contributed by atoms with E-state index in [4.69, 9.17) is 16.3 Å². The summed E-state index contributed by atoms with van der Waals surface area (Å²) in [6, 6.07) is 11.4. The predicted octanol–water partition coefficient (Wildman–Crippen LogP) is 3.82. The number of likely N-dealkylation sites (N-methyl/N-ethyl adjacent to an activating group) is 1. The second-order valence-electron chi connectivity index (χ2n) is 6.03. The van der Waals surface area contributed by atoms with E-state index >= 15 is 0 Å². The number of amides is 2. The Labute approximate surface area is 165 Å². The molecule has 0 aromatic heterocycles. The number of nitrogens with one attached hydrogen (secondary N) is 1. The van der Waals surface area contributed by atoms with Crippen molar-refractivity contribution < 1.29 is 18.7 Å². The fraction of sp³-hybridized carbons (Fsp3) is 0.263. The molecule has 1 atom stereocenters. The van der Waals surface area contributed by atoms with Crippen LogP contribution in [0.15, 0.2) is 47.4 Å². The van der Waals surface area contributed by atoms with Crippen LogP contribution >= 0.6 is 23.4 Å². The van der Waals surface area contributed by atoms with E-state index in [0.29, 0.717) is 17.3 Å². The van der Waals surface area contributed by atoms with Gasteiger partial charge < -0.3 is 15.0 Å². The number of halogens is 2. The molecule has 27 heavy (non-hydrogen) atoms. The first-order valence-corrected chi connectivity index (χ1v) is 9.58. The lowest BCUT2D eigenvalue weighted by Gasteiger charge is -2.25. The molecule has 1 N–H and O–H groups in total. The largest absolute Gasteiger partial charge is 0.489 e. The van der Waals surface area contributed by atoms with E-state index in [0.717, 1.165) is 4.90 Å². The van der Waals surface area contributed by atoms with Crippen LogP contribution in [0.5, 0.6) is 5.75 Å². The summed E-state index contributed by atoms with van der Waals surface area (Å²) in [5, 5.41) is 2.81. The van der Waals surface area contributed by atoms with Crippen LogP contribution in [0, 0.1) is 5.82 Å². The Hall–Kier alpha value is -2.25. The average Bonchev–Trinajstić information content (AvgIpc) is 2.64. The smallest absolute Gasteiger partial charge is 0.238 e. The van der Waals surface area contributed by atoms with Crippen LogP contribution in [0.2, 0.25) is 5.02 Å². The zero-order chi connectivity index (χ0) is 19.4. The van der Waals surface area contributed by atoms with Crippen LogP contribution in [0.25, 0.3) is 0 Å². The molecule has 0 spiro atoms. The number of thioether (sulfide) groups is 1. The second kappa shape index (κ2) is 8.63. The fourth-order valence-corrected chi connectivity index (χ4v) is 3.80. The summed E-state index contributed by atoms with van der Waals surface area (Å²) in [6.45, 7) is 0.451. The van der Waals surface area contributed by atoms with E-state index < -0.39 is 11.1 Å². The molecule has 1 aliphatic heterocycles. The Balaban J connectivity index is 1.51.